The van der Waals surface area contributed by atoms with E-state index in [1.54, 1.807) is 0 Å². The van der Waals surface area contributed by atoms with E-state index >= 15 is 0 Å². The third kappa shape index (κ3) is 1.57. The van der Waals surface area contributed by atoms with E-state index in [0.717, 1.165) is 11.3 Å². The van der Waals surface area contributed by atoms with Crippen LogP contribution in [0.2, 0.25) is 0 Å². The van der Waals surface area contributed by atoms with Crippen molar-refractivity contribution >= 4 is 11.3 Å². The zero-order valence-electron chi connectivity index (χ0n) is 6.23. The van der Waals surface area contributed by atoms with Crippen molar-refractivity contribution in [1.29, 1.82) is 0 Å². The second-order valence-electron chi connectivity index (χ2n) is 2.45. The maximum absolute atomic E-state index is 12.4. The zero-order chi connectivity index (χ0) is 7.56. The molecule has 0 saturated heterocycles. The van der Waals surface area contributed by atoms with Crippen LogP contribution in [0.25, 0.3) is 0 Å². The molecule has 0 fully saturated rings. The Kier molecular flexibility index (Phi) is 2.44. The molecule has 56 valence electrons. The molecule has 0 aliphatic carbocycles. The fourth-order valence-electron chi connectivity index (χ4n) is 0.794. The van der Waals surface area contributed by atoms with Crippen molar-refractivity contribution < 1.29 is 4.39 Å². The van der Waals surface area contributed by atoms with Crippen LogP contribution in [0.5, 0.6) is 0 Å². The van der Waals surface area contributed by atoms with Crippen LogP contribution >= 0.6 is 11.3 Å². The van der Waals surface area contributed by atoms with Gasteiger partial charge in [-0.1, -0.05) is 13.8 Å². The van der Waals surface area contributed by atoms with Crippen LogP contribution in [-0.2, 0) is 0 Å². The van der Waals surface area contributed by atoms with Crippen LogP contribution in [0.15, 0.2) is 12.1 Å². The molecule has 0 aromatic carbocycles. The summed E-state index contributed by atoms with van der Waals surface area (Å²) in [5.74, 6) is 0.509. The van der Waals surface area contributed by atoms with Crippen LogP contribution in [0.3, 0.4) is 0 Å². The smallest absolute Gasteiger partial charge is 0.176 e. The SMILES string of the molecule is CCC(C)c1ccc(F)s1. The normalized spacial score (nSPS) is 13.5. The van der Waals surface area contributed by atoms with Gasteiger partial charge in [-0.25, -0.2) is 0 Å². The largest absolute Gasteiger partial charge is 0.195 e. The minimum absolute atomic E-state index is 0.0738. The summed E-state index contributed by atoms with van der Waals surface area (Å²) in [5.41, 5.74) is 0. The molecular formula is C8H11FS. The minimum atomic E-state index is -0.0738. The van der Waals surface area contributed by atoms with Crippen LogP contribution < -0.4 is 0 Å². The van der Waals surface area contributed by atoms with Gasteiger partial charge in [0.15, 0.2) is 5.13 Å². The van der Waals surface area contributed by atoms with Gasteiger partial charge in [0.1, 0.15) is 0 Å². The van der Waals surface area contributed by atoms with Gasteiger partial charge in [0, 0.05) is 4.88 Å². The molecule has 0 radical (unpaired) electrons. The second-order valence-corrected chi connectivity index (χ2v) is 3.52. The van der Waals surface area contributed by atoms with Gasteiger partial charge in [0.05, 0.1) is 0 Å². The van der Waals surface area contributed by atoms with E-state index in [-0.39, 0.29) is 5.13 Å². The quantitative estimate of drug-likeness (QED) is 0.618. The number of thiophene rings is 1. The van der Waals surface area contributed by atoms with Crippen molar-refractivity contribution in [1.82, 2.24) is 0 Å². The second kappa shape index (κ2) is 3.15. The Labute approximate surface area is 64.7 Å². The van der Waals surface area contributed by atoms with Crippen molar-refractivity contribution in [2.75, 3.05) is 0 Å². The van der Waals surface area contributed by atoms with Crippen molar-refractivity contribution in [2.24, 2.45) is 0 Å². The first-order valence-electron chi connectivity index (χ1n) is 3.49. The first-order valence-corrected chi connectivity index (χ1v) is 4.31. The van der Waals surface area contributed by atoms with Gasteiger partial charge in [-0.15, -0.1) is 11.3 Å². The highest BCUT2D eigenvalue weighted by molar-refractivity contribution is 7.10. The molecule has 0 bridgehead atoms. The van der Waals surface area contributed by atoms with Crippen LogP contribution in [-0.4, -0.2) is 0 Å². The lowest BCUT2D eigenvalue weighted by Gasteiger charge is -2.02. The molecule has 0 aliphatic rings. The van der Waals surface area contributed by atoms with E-state index in [1.807, 2.05) is 6.07 Å². The summed E-state index contributed by atoms with van der Waals surface area (Å²) in [6.07, 6.45) is 1.08. The molecule has 1 aromatic heterocycles. The molecular weight excluding hydrogens is 147 g/mol. The standard InChI is InChI=1S/C8H11FS/c1-3-6(2)7-4-5-8(9)10-7/h4-6H,3H2,1-2H3. The van der Waals surface area contributed by atoms with Crippen molar-refractivity contribution in [3.8, 4) is 0 Å². The first kappa shape index (κ1) is 7.73. The molecule has 1 heterocycles. The summed E-state index contributed by atoms with van der Waals surface area (Å²) in [6.45, 7) is 4.23. The van der Waals surface area contributed by atoms with E-state index in [0.29, 0.717) is 5.92 Å². The summed E-state index contributed by atoms with van der Waals surface area (Å²) in [7, 11) is 0. The predicted molar refractivity (Wildman–Crippen MR) is 43.0 cm³/mol. The van der Waals surface area contributed by atoms with Gasteiger partial charge in [-0.2, -0.15) is 4.39 Å². The third-order valence-corrected chi connectivity index (χ3v) is 2.80. The van der Waals surface area contributed by atoms with Gasteiger partial charge in [-0.05, 0) is 24.5 Å². The van der Waals surface area contributed by atoms with E-state index in [1.165, 1.54) is 17.4 Å². The maximum Gasteiger partial charge on any atom is 0.176 e. The molecule has 0 N–H and O–H groups in total. The molecule has 0 spiro atoms. The molecule has 2 heteroatoms. The zero-order valence-corrected chi connectivity index (χ0v) is 7.04. The third-order valence-electron chi connectivity index (χ3n) is 1.69. The lowest BCUT2D eigenvalue weighted by molar-refractivity contribution is 0.657. The van der Waals surface area contributed by atoms with Gasteiger partial charge in [0.2, 0.25) is 0 Å². The van der Waals surface area contributed by atoms with Crippen molar-refractivity contribution in [3.63, 3.8) is 0 Å². The molecule has 0 amide bonds. The van der Waals surface area contributed by atoms with Crippen LogP contribution in [0.4, 0.5) is 4.39 Å². The summed E-state index contributed by atoms with van der Waals surface area (Å²) in [5, 5.41) is -0.0738. The molecule has 1 aromatic rings. The van der Waals surface area contributed by atoms with Crippen molar-refractivity contribution in [2.45, 2.75) is 26.2 Å². The van der Waals surface area contributed by atoms with E-state index in [2.05, 4.69) is 13.8 Å². The molecule has 0 aliphatic heterocycles. The lowest BCUT2D eigenvalue weighted by Crippen LogP contribution is -1.84. The monoisotopic (exact) mass is 158 g/mol. The topological polar surface area (TPSA) is 0 Å². The fourth-order valence-corrected chi connectivity index (χ4v) is 1.66. The molecule has 1 unspecified atom stereocenters. The number of hydrogen-bond donors (Lipinski definition) is 0. The van der Waals surface area contributed by atoms with E-state index in [9.17, 15) is 4.39 Å². The van der Waals surface area contributed by atoms with E-state index < -0.39 is 0 Å². The maximum atomic E-state index is 12.4. The van der Waals surface area contributed by atoms with Crippen LogP contribution in [0.1, 0.15) is 31.1 Å². The highest BCUT2D eigenvalue weighted by Crippen LogP contribution is 2.25. The number of halogens is 1. The molecule has 1 rings (SSSR count). The average Bonchev–Trinajstić information content (AvgIpc) is 2.34. The van der Waals surface area contributed by atoms with Crippen LogP contribution in [0, 0.1) is 5.13 Å². The molecule has 1 atom stereocenters. The number of rotatable bonds is 2. The Morgan fingerprint density at radius 1 is 1.60 bits per heavy atom. The van der Waals surface area contributed by atoms with Gasteiger partial charge >= 0.3 is 0 Å². The summed E-state index contributed by atoms with van der Waals surface area (Å²) in [4.78, 5) is 1.15. The summed E-state index contributed by atoms with van der Waals surface area (Å²) >= 11 is 1.25. The van der Waals surface area contributed by atoms with E-state index in [4.69, 9.17) is 0 Å². The van der Waals surface area contributed by atoms with Gasteiger partial charge in [-0.3, -0.25) is 0 Å². The Hall–Kier alpha value is -0.370. The molecule has 0 saturated carbocycles. The first-order chi connectivity index (χ1) is 4.74. The Balaban J connectivity index is 2.74. The lowest BCUT2D eigenvalue weighted by atomic mass is 10.1. The Bertz CT molecular complexity index is 205. The summed E-state index contributed by atoms with van der Waals surface area (Å²) < 4.78 is 12.4. The average molecular weight is 158 g/mol. The van der Waals surface area contributed by atoms with Gasteiger partial charge < -0.3 is 0 Å². The minimum Gasteiger partial charge on any atom is -0.195 e. The fraction of sp³-hybridized carbons (Fsp3) is 0.500. The van der Waals surface area contributed by atoms with Crippen molar-refractivity contribution in [3.05, 3.63) is 22.1 Å². The molecule has 10 heavy (non-hydrogen) atoms. The molecule has 0 nitrogen and oxygen atoms in total. The van der Waals surface area contributed by atoms with Gasteiger partial charge in [0.25, 0.3) is 0 Å². The highest BCUT2D eigenvalue weighted by atomic mass is 32.1. The Morgan fingerprint density at radius 2 is 2.30 bits per heavy atom. The number of hydrogen-bond acceptors (Lipinski definition) is 1. The predicted octanol–water partition coefficient (Wildman–Crippen LogP) is 3.40. The summed E-state index contributed by atoms with van der Waals surface area (Å²) in [6, 6.07) is 3.40. The Morgan fingerprint density at radius 3 is 2.70 bits per heavy atom. The highest BCUT2D eigenvalue weighted by Gasteiger charge is 2.05.